The van der Waals surface area contributed by atoms with Crippen LogP contribution < -0.4 is 5.32 Å². The van der Waals surface area contributed by atoms with Crippen LogP contribution in [0.5, 0.6) is 0 Å². The standard InChI is InChI=1S/C21H21F3N6/c1-12(2)30-6-5-14(11-30)28-20-27-10-17(21(22,23)24)19(29-20)16-9-26-18-7-13(8-25)3-4-15(16)18/h3-4,7,9-10,12,14,26H,5-6,11H2,1-2H3,(H,27,28,29)/t14-/m0/s1. The highest BCUT2D eigenvalue weighted by Gasteiger charge is 2.36. The molecule has 9 heteroatoms. The number of aromatic amines is 1. The van der Waals surface area contributed by atoms with E-state index < -0.39 is 11.7 Å². The minimum absolute atomic E-state index is 0.0816. The van der Waals surface area contributed by atoms with Crippen molar-refractivity contribution in [1.82, 2.24) is 19.9 Å². The Hall–Kier alpha value is -3.12. The highest BCUT2D eigenvalue weighted by atomic mass is 19.4. The number of rotatable bonds is 4. The number of likely N-dealkylation sites (tertiary alicyclic amines) is 1. The average molecular weight is 414 g/mol. The number of aromatic nitrogens is 3. The monoisotopic (exact) mass is 414 g/mol. The first-order chi connectivity index (χ1) is 14.3. The Labute approximate surface area is 171 Å². The van der Waals surface area contributed by atoms with E-state index in [0.717, 1.165) is 25.7 Å². The SMILES string of the molecule is CC(C)N1CC[C@H](Nc2ncc(C(F)(F)F)c(-c3c[nH]c4cc(C#N)ccc34)n2)C1. The zero-order chi connectivity index (χ0) is 21.5. The van der Waals surface area contributed by atoms with Gasteiger partial charge in [-0.2, -0.15) is 18.4 Å². The van der Waals surface area contributed by atoms with Crippen LogP contribution in [0.2, 0.25) is 0 Å². The summed E-state index contributed by atoms with van der Waals surface area (Å²) in [5.74, 6) is 0.177. The van der Waals surface area contributed by atoms with E-state index in [0.29, 0.717) is 28.1 Å². The number of nitriles is 1. The third-order valence-corrected chi connectivity index (χ3v) is 5.44. The van der Waals surface area contributed by atoms with Gasteiger partial charge in [0.15, 0.2) is 0 Å². The molecule has 4 rings (SSSR count). The molecule has 0 saturated carbocycles. The van der Waals surface area contributed by atoms with Gasteiger partial charge in [-0.1, -0.05) is 6.07 Å². The zero-order valence-electron chi connectivity index (χ0n) is 16.6. The Morgan fingerprint density at radius 2 is 2.13 bits per heavy atom. The maximum atomic E-state index is 13.7. The number of halogens is 3. The predicted molar refractivity (Wildman–Crippen MR) is 108 cm³/mol. The van der Waals surface area contributed by atoms with E-state index >= 15 is 0 Å². The minimum Gasteiger partial charge on any atom is -0.360 e. The Morgan fingerprint density at radius 3 is 2.80 bits per heavy atom. The molecule has 1 fully saturated rings. The van der Waals surface area contributed by atoms with Gasteiger partial charge in [-0.3, -0.25) is 4.90 Å². The molecule has 1 aromatic carbocycles. The van der Waals surface area contributed by atoms with Gasteiger partial charge in [0.25, 0.3) is 0 Å². The number of alkyl halides is 3. The van der Waals surface area contributed by atoms with Crippen LogP contribution in [0.3, 0.4) is 0 Å². The van der Waals surface area contributed by atoms with Crippen molar-refractivity contribution in [2.45, 2.75) is 38.5 Å². The lowest BCUT2D eigenvalue weighted by atomic mass is 10.0. The van der Waals surface area contributed by atoms with Gasteiger partial charge >= 0.3 is 6.18 Å². The van der Waals surface area contributed by atoms with Crippen molar-refractivity contribution in [2.24, 2.45) is 0 Å². The largest absolute Gasteiger partial charge is 0.419 e. The summed E-state index contributed by atoms with van der Waals surface area (Å²) in [5, 5.41) is 12.8. The van der Waals surface area contributed by atoms with Crippen LogP contribution in [-0.2, 0) is 6.18 Å². The van der Waals surface area contributed by atoms with Crippen molar-refractivity contribution in [3.05, 3.63) is 41.7 Å². The van der Waals surface area contributed by atoms with Gasteiger partial charge in [-0.15, -0.1) is 0 Å². The Balaban J connectivity index is 1.73. The van der Waals surface area contributed by atoms with Crippen LogP contribution >= 0.6 is 0 Å². The van der Waals surface area contributed by atoms with Crippen LogP contribution in [0, 0.1) is 11.3 Å². The number of nitrogens with zero attached hydrogens (tertiary/aromatic N) is 4. The third kappa shape index (κ3) is 3.83. The molecule has 0 unspecified atom stereocenters. The fourth-order valence-corrected chi connectivity index (χ4v) is 3.81. The highest BCUT2D eigenvalue weighted by Crippen LogP contribution is 2.38. The molecule has 30 heavy (non-hydrogen) atoms. The normalized spacial score (nSPS) is 17.6. The van der Waals surface area contributed by atoms with Gasteiger partial charge in [-0.25, -0.2) is 9.97 Å². The second-order valence-corrected chi connectivity index (χ2v) is 7.75. The number of hydrogen-bond acceptors (Lipinski definition) is 5. The number of H-pyrrole nitrogens is 1. The minimum atomic E-state index is -4.59. The van der Waals surface area contributed by atoms with Crippen molar-refractivity contribution in [1.29, 1.82) is 5.26 Å². The molecule has 156 valence electrons. The summed E-state index contributed by atoms with van der Waals surface area (Å²) in [6, 6.07) is 7.32. The van der Waals surface area contributed by atoms with Crippen molar-refractivity contribution < 1.29 is 13.2 Å². The fourth-order valence-electron chi connectivity index (χ4n) is 3.81. The lowest BCUT2D eigenvalue weighted by Gasteiger charge is -2.20. The molecule has 1 atom stereocenters. The van der Waals surface area contributed by atoms with Gasteiger partial charge in [-0.05, 0) is 32.4 Å². The number of anilines is 1. The van der Waals surface area contributed by atoms with Crippen molar-refractivity contribution in [3.8, 4) is 17.3 Å². The first-order valence-electron chi connectivity index (χ1n) is 9.72. The summed E-state index contributed by atoms with van der Waals surface area (Å²) in [6.45, 7) is 5.95. The van der Waals surface area contributed by atoms with Crippen LogP contribution in [-0.4, -0.2) is 45.0 Å². The van der Waals surface area contributed by atoms with E-state index in [4.69, 9.17) is 5.26 Å². The molecule has 0 radical (unpaired) electrons. The molecule has 0 aliphatic carbocycles. The lowest BCUT2D eigenvalue weighted by Crippen LogP contribution is -2.31. The van der Waals surface area contributed by atoms with Gasteiger partial charge in [0.05, 0.1) is 17.3 Å². The van der Waals surface area contributed by atoms with Crippen LogP contribution in [0.25, 0.3) is 22.2 Å². The highest BCUT2D eigenvalue weighted by molar-refractivity contribution is 5.96. The molecule has 2 N–H and O–H groups in total. The number of nitrogens with one attached hydrogen (secondary N) is 2. The van der Waals surface area contributed by atoms with Crippen molar-refractivity contribution in [2.75, 3.05) is 18.4 Å². The van der Waals surface area contributed by atoms with Gasteiger partial charge in [0.2, 0.25) is 5.95 Å². The van der Waals surface area contributed by atoms with Crippen LogP contribution in [0.4, 0.5) is 19.1 Å². The molecule has 0 amide bonds. The topological polar surface area (TPSA) is 80.6 Å². The van der Waals surface area contributed by atoms with Crippen molar-refractivity contribution >= 4 is 16.9 Å². The number of fused-ring (bicyclic) bond motifs is 1. The summed E-state index contributed by atoms with van der Waals surface area (Å²) >= 11 is 0. The van der Waals surface area contributed by atoms with E-state index in [1.54, 1.807) is 18.2 Å². The van der Waals surface area contributed by atoms with Gasteiger partial charge in [0.1, 0.15) is 5.56 Å². The molecule has 1 aliphatic heterocycles. The second kappa shape index (κ2) is 7.61. The van der Waals surface area contributed by atoms with E-state index in [1.165, 1.54) is 6.20 Å². The maximum absolute atomic E-state index is 13.7. The number of benzene rings is 1. The van der Waals surface area contributed by atoms with Crippen LogP contribution in [0.1, 0.15) is 31.4 Å². The summed E-state index contributed by atoms with van der Waals surface area (Å²) in [5.41, 5.74) is 0.243. The smallest absolute Gasteiger partial charge is 0.360 e. The maximum Gasteiger partial charge on any atom is 0.419 e. The van der Waals surface area contributed by atoms with Crippen molar-refractivity contribution in [3.63, 3.8) is 0 Å². The molecule has 1 aliphatic rings. The van der Waals surface area contributed by atoms with Gasteiger partial charge in [0, 0.05) is 54.0 Å². The average Bonchev–Trinajstić information content (AvgIpc) is 3.33. The molecule has 0 spiro atoms. The summed E-state index contributed by atoms with van der Waals surface area (Å²) in [6.07, 6.45) is -1.39. The quantitative estimate of drug-likeness (QED) is 0.661. The second-order valence-electron chi connectivity index (χ2n) is 7.75. The van der Waals surface area contributed by atoms with E-state index in [2.05, 4.69) is 39.0 Å². The first kappa shape index (κ1) is 20.2. The molecule has 3 heterocycles. The van der Waals surface area contributed by atoms with E-state index in [9.17, 15) is 13.2 Å². The zero-order valence-corrected chi connectivity index (χ0v) is 16.6. The fraction of sp³-hybridized carbons (Fsp3) is 0.381. The Morgan fingerprint density at radius 1 is 1.33 bits per heavy atom. The lowest BCUT2D eigenvalue weighted by molar-refractivity contribution is -0.137. The molecule has 0 bridgehead atoms. The molecule has 1 saturated heterocycles. The van der Waals surface area contributed by atoms with Crippen LogP contribution in [0.15, 0.2) is 30.6 Å². The number of hydrogen-bond donors (Lipinski definition) is 2. The van der Waals surface area contributed by atoms with E-state index in [1.807, 2.05) is 6.07 Å². The first-order valence-corrected chi connectivity index (χ1v) is 9.72. The molecule has 3 aromatic rings. The molecular formula is C21H21F3N6. The molecule has 6 nitrogen and oxygen atoms in total. The van der Waals surface area contributed by atoms with E-state index in [-0.39, 0.29) is 17.7 Å². The summed E-state index contributed by atoms with van der Waals surface area (Å²) in [7, 11) is 0. The predicted octanol–water partition coefficient (Wildman–Crippen LogP) is 4.41. The molecular weight excluding hydrogens is 393 g/mol. The Bertz CT molecular complexity index is 1110. The summed E-state index contributed by atoms with van der Waals surface area (Å²) < 4.78 is 41.0. The van der Waals surface area contributed by atoms with Gasteiger partial charge < -0.3 is 10.3 Å². The summed E-state index contributed by atoms with van der Waals surface area (Å²) in [4.78, 5) is 13.5. The Kier molecular flexibility index (Phi) is 5.12. The molecule has 2 aromatic heterocycles. The third-order valence-electron chi connectivity index (χ3n) is 5.44.